The highest BCUT2D eigenvalue weighted by molar-refractivity contribution is 6.29. The van der Waals surface area contributed by atoms with Crippen LogP contribution in [-0.2, 0) is 9.53 Å². The first kappa shape index (κ1) is 7.86. The van der Waals surface area contributed by atoms with Crippen molar-refractivity contribution in [3.05, 3.63) is 0 Å². The van der Waals surface area contributed by atoms with Crippen LogP contribution in [0.4, 0.5) is 0 Å². The van der Waals surface area contributed by atoms with Gasteiger partial charge in [-0.25, -0.2) is 0 Å². The summed E-state index contributed by atoms with van der Waals surface area (Å²) >= 11 is 5.48. The van der Waals surface area contributed by atoms with E-state index in [2.05, 4.69) is 0 Å². The molecule has 0 amide bonds. The molecular formula is C7H11ClO2. The Balaban J connectivity index is 2.17. The minimum Gasteiger partial charge on any atom is -0.461 e. The van der Waals surface area contributed by atoms with E-state index in [9.17, 15) is 4.79 Å². The zero-order chi connectivity index (χ0) is 7.56. The van der Waals surface area contributed by atoms with Crippen LogP contribution in [0.5, 0.6) is 0 Å². The number of hydrogen-bond donors (Lipinski definition) is 0. The van der Waals surface area contributed by atoms with Crippen LogP contribution in [0.3, 0.4) is 0 Å². The van der Waals surface area contributed by atoms with Gasteiger partial charge < -0.3 is 4.74 Å². The SMILES string of the molecule is C[C@H](Cl)C(=O)OC1CCC1. The molecule has 2 nitrogen and oxygen atoms in total. The van der Waals surface area contributed by atoms with Crippen molar-refractivity contribution in [3.63, 3.8) is 0 Å². The van der Waals surface area contributed by atoms with E-state index >= 15 is 0 Å². The van der Waals surface area contributed by atoms with E-state index in [-0.39, 0.29) is 12.1 Å². The number of rotatable bonds is 2. The summed E-state index contributed by atoms with van der Waals surface area (Å²) in [5, 5.41) is -0.499. The molecule has 0 N–H and O–H groups in total. The van der Waals surface area contributed by atoms with E-state index in [1.54, 1.807) is 6.92 Å². The fraction of sp³-hybridized carbons (Fsp3) is 0.857. The van der Waals surface area contributed by atoms with Gasteiger partial charge in [0.1, 0.15) is 11.5 Å². The molecule has 0 unspecified atom stereocenters. The van der Waals surface area contributed by atoms with Crippen LogP contribution < -0.4 is 0 Å². The second-order valence-corrected chi connectivity index (χ2v) is 3.26. The van der Waals surface area contributed by atoms with Crippen LogP contribution in [-0.4, -0.2) is 17.5 Å². The summed E-state index contributed by atoms with van der Waals surface area (Å²) in [4.78, 5) is 10.8. The number of ether oxygens (including phenoxy) is 1. The number of hydrogen-bond acceptors (Lipinski definition) is 2. The van der Waals surface area contributed by atoms with Gasteiger partial charge in [0.15, 0.2) is 0 Å². The smallest absolute Gasteiger partial charge is 0.324 e. The molecule has 0 saturated heterocycles. The van der Waals surface area contributed by atoms with E-state index < -0.39 is 5.38 Å². The first-order valence-corrected chi connectivity index (χ1v) is 3.98. The van der Waals surface area contributed by atoms with Gasteiger partial charge >= 0.3 is 5.97 Å². The maximum Gasteiger partial charge on any atom is 0.324 e. The summed E-state index contributed by atoms with van der Waals surface area (Å²) in [5.74, 6) is -0.286. The van der Waals surface area contributed by atoms with Gasteiger partial charge in [-0.15, -0.1) is 11.6 Å². The minimum atomic E-state index is -0.499. The zero-order valence-electron chi connectivity index (χ0n) is 5.97. The second kappa shape index (κ2) is 3.24. The number of alkyl halides is 1. The maximum absolute atomic E-state index is 10.8. The molecule has 0 aromatic carbocycles. The van der Waals surface area contributed by atoms with Crippen molar-refractivity contribution in [2.45, 2.75) is 37.7 Å². The number of carbonyl (C=O) groups is 1. The van der Waals surface area contributed by atoms with Gasteiger partial charge in [-0.3, -0.25) is 4.79 Å². The van der Waals surface area contributed by atoms with E-state index in [4.69, 9.17) is 16.3 Å². The number of halogens is 1. The van der Waals surface area contributed by atoms with Crippen molar-refractivity contribution < 1.29 is 9.53 Å². The Morgan fingerprint density at radius 1 is 1.70 bits per heavy atom. The highest BCUT2D eigenvalue weighted by atomic mass is 35.5. The molecule has 0 aromatic rings. The Bertz CT molecular complexity index is 130. The molecule has 1 aliphatic carbocycles. The van der Waals surface area contributed by atoms with Crippen molar-refractivity contribution in [1.82, 2.24) is 0 Å². The molecule has 3 heteroatoms. The van der Waals surface area contributed by atoms with Crippen molar-refractivity contribution in [2.75, 3.05) is 0 Å². The average molecular weight is 163 g/mol. The summed E-state index contributed by atoms with van der Waals surface area (Å²) in [7, 11) is 0. The van der Waals surface area contributed by atoms with Crippen LogP contribution in [0.1, 0.15) is 26.2 Å². The third kappa shape index (κ3) is 1.87. The lowest BCUT2D eigenvalue weighted by Crippen LogP contribution is -2.28. The predicted molar refractivity (Wildman–Crippen MR) is 39.0 cm³/mol. The summed E-state index contributed by atoms with van der Waals surface area (Å²) in [6.07, 6.45) is 3.35. The highest BCUT2D eigenvalue weighted by Crippen LogP contribution is 2.22. The number of esters is 1. The van der Waals surface area contributed by atoms with Gasteiger partial charge in [0, 0.05) is 0 Å². The van der Waals surface area contributed by atoms with Crippen LogP contribution in [0.25, 0.3) is 0 Å². The fourth-order valence-corrected chi connectivity index (χ4v) is 0.798. The van der Waals surface area contributed by atoms with Crippen molar-refractivity contribution in [2.24, 2.45) is 0 Å². The molecule has 0 aliphatic heterocycles. The van der Waals surface area contributed by atoms with Gasteiger partial charge in [-0.05, 0) is 26.2 Å². The maximum atomic E-state index is 10.8. The molecule has 0 aromatic heterocycles. The van der Waals surface area contributed by atoms with Gasteiger partial charge in [0.25, 0.3) is 0 Å². The van der Waals surface area contributed by atoms with Crippen molar-refractivity contribution >= 4 is 17.6 Å². The van der Waals surface area contributed by atoms with Crippen LogP contribution in [0.15, 0.2) is 0 Å². The van der Waals surface area contributed by atoms with Crippen molar-refractivity contribution in [3.8, 4) is 0 Å². The Morgan fingerprint density at radius 2 is 2.30 bits per heavy atom. The third-order valence-corrected chi connectivity index (χ3v) is 1.84. The van der Waals surface area contributed by atoms with E-state index in [1.165, 1.54) is 6.42 Å². The lowest BCUT2D eigenvalue weighted by Gasteiger charge is -2.25. The summed E-state index contributed by atoms with van der Waals surface area (Å²) in [6, 6.07) is 0. The summed E-state index contributed by atoms with van der Waals surface area (Å²) < 4.78 is 4.98. The first-order valence-electron chi connectivity index (χ1n) is 3.54. The van der Waals surface area contributed by atoms with Crippen LogP contribution in [0.2, 0.25) is 0 Å². The molecule has 0 spiro atoms. The molecular weight excluding hydrogens is 152 g/mol. The quantitative estimate of drug-likeness (QED) is 0.457. The van der Waals surface area contributed by atoms with Gasteiger partial charge in [-0.1, -0.05) is 0 Å². The Hall–Kier alpha value is -0.240. The molecule has 58 valence electrons. The highest BCUT2D eigenvalue weighted by Gasteiger charge is 2.23. The van der Waals surface area contributed by atoms with Crippen LogP contribution in [0, 0.1) is 0 Å². The first-order chi connectivity index (χ1) is 4.70. The molecule has 1 aliphatic rings. The predicted octanol–water partition coefficient (Wildman–Crippen LogP) is 1.71. The van der Waals surface area contributed by atoms with E-state index in [1.807, 2.05) is 0 Å². The average Bonchev–Trinajstić information content (AvgIpc) is 1.77. The largest absolute Gasteiger partial charge is 0.461 e. The normalized spacial score (nSPS) is 21.4. The molecule has 0 heterocycles. The van der Waals surface area contributed by atoms with Gasteiger partial charge in [0.2, 0.25) is 0 Å². The molecule has 0 radical (unpaired) electrons. The second-order valence-electron chi connectivity index (χ2n) is 2.61. The summed E-state index contributed by atoms with van der Waals surface area (Å²) in [5.41, 5.74) is 0. The third-order valence-electron chi connectivity index (χ3n) is 1.66. The monoisotopic (exact) mass is 162 g/mol. The van der Waals surface area contributed by atoms with Gasteiger partial charge in [0.05, 0.1) is 0 Å². The fourth-order valence-electron chi connectivity index (χ4n) is 0.747. The zero-order valence-corrected chi connectivity index (χ0v) is 6.73. The molecule has 1 saturated carbocycles. The molecule has 1 atom stereocenters. The Labute approximate surface area is 65.5 Å². The molecule has 0 bridgehead atoms. The van der Waals surface area contributed by atoms with Crippen LogP contribution >= 0.6 is 11.6 Å². The summed E-state index contributed by atoms with van der Waals surface area (Å²) in [6.45, 7) is 1.63. The number of carbonyl (C=O) groups excluding carboxylic acids is 1. The van der Waals surface area contributed by atoms with Crippen molar-refractivity contribution in [1.29, 1.82) is 0 Å². The lowest BCUT2D eigenvalue weighted by molar-refractivity contribution is -0.152. The molecule has 1 fully saturated rings. The molecule has 10 heavy (non-hydrogen) atoms. The Morgan fingerprint density at radius 3 is 2.60 bits per heavy atom. The standard InChI is InChI=1S/C7H11ClO2/c1-5(8)7(9)10-6-3-2-4-6/h5-6H,2-4H2,1H3/t5-/m0/s1. The molecule has 1 rings (SSSR count). The van der Waals surface area contributed by atoms with E-state index in [0.29, 0.717) is 0 Å². The lowest BCUT2D eigenvalue weighted by atomic mass is 9.96. The Kier molecular flexibility index (Phi) is 2.55. The van der Waals surface area contributed by atoms with Gasteiger partial charge in [-0.2, -0.15) is 0 Å². The topological polar surface area (TPSA) is 26.3 Å². The van der Waals surface area contributed by atoms with E-state index in [0.717, 1.165) is 12.8 Å². The minimum absolute atomic E-state index is 0.161.